The fourth-order valence-electron chi connectivity index (χ4n) is 4.77. The van der Waals surface area contributed by atoms with Crippen LogP contribution in [0.1, 0.15) is 35.5 Å². The van der Waals surface area contributed by atoms with Crippen molar-refractivity contribution in [1.29, 1.82) is 0 Å². The average molecular weight is 361 g/mol. The highest BCUT2D eigenvalue weighted by molar-refractivity contribution is 7.09. The highest BCUT2D eigenvalue weighted by Crippen LogP contribution is 2.42. The zero-order valence-corrected chi connectivity index (χ0v) is 15.8. The van der Waals surface area contributed by atoms with E-state index in [0.29, 0.717) is 6.04 Å². The number of rotatable bonds is 5. The molecular formula is C19H28N4OS. The van der Waals surface area contributed by atoms with Crippen molar-refractivity contribution < 1.29 is 5.11 Å². The van der Waals surface area contributed by atoms with Crippen LogP contribution in [0.15, 0.2) is 23.8 Å². The van der Waals surface area contributed by atoms with E-state index in [-0.39, 0.29) is 12.0 Å². The molecule has 5 nitrogen and oxygen atoms in total. The molecule has 2 atom stereocenters. The van der Waals surface area contributed by atoms with Gasteiger partial charge in [-0.3, -0.25) is 9.80 Å². The third-order valence-corrected chi connectivity index (χ3v) is 6.95. The van der Waals surface area contributed by atoms with Crippen molar-refractivity contribution in [2.45, 2.75) is 45.3 Å². The number of thiophene rings is 1. The summed E-state index contributed by atoms with van der Waals surface area (Å²) in [4.78, 5) is 14.2. The Morgan fingerprint density at radius 2 is 2.32 bits per heavy atom. The van der Waals surface area contributed by atoms with Crippen LogP contribution in [0.25, 0.3) is 0 Å². The highest BCUT2D eigenvalue weighted by Gasteiger charge is 2.47. The molecule has 2 fully saturated rings. The topological polar surface area (TPSA) is 55.4 Å². The summed E-state index contributed by atoms with van der Waals surface area (Å²) in [7, 11) is 0. The molecule has 0 radical (unpaired) electrons. The molecule has 0 spiro atoms. The molecule has 2 N–H and O–H groups in total. The number of aryl methyl sites for hydroxylation is 1. The van der Waals surface area contributed by atoms with Gasteiger partial charge in [0.1, 0.15) is 0 Å². The van der Waals surface area contributed by atoms with E-state index in [2.05, 4.69) is 44.2 Å². The molecule has 0 saturated carbocycles. The number of fused-ring (bicyclic) bond motifs is 1. The van der Waals surface area contributed by atoms with Crippen LogP contribution in [-0.4, -0.2) is 57.2 Å². The molecule has 0 unspecified atom stereocenters. The number of aromatic amines is 1. The number of hydrogen-bond acceptors (Lipinski definition) is 5. The summed E-state index contributed by atoms with van der Waals surface area (Å²) in [5.41, 5.74) is 2.30. The molecule has 2 aliphatic rings. The first-order valence-corrected chi connectivity index (χ1v) is 10.2. The number of imidazole rings is 1. The third kappa shape index (κ3) is 3.40. The minimum atomic E-state index is 0.0119. The van der Waals surface area contributed by atoms with Crippen molar-refractivity contribution >= 4 is 11.3 Å². The predicted molar refractivity (Wildman–Crippen MR) is 100 cm³/mol. The van der Waals surface area contributed by atoms with Gasteiger partial charge in [0, 0.05) is 48.2 Å². The van der Waals surface area contributed by atoms with Gasteiger partial charge in [-0.15, -0.1) is 11.3 Å². The minimum Gasteiger partial charge on any atom is -0.396 e. The largest absolute Gasteiger partial charge is 0.396 e. The molecule has 4 rings (SSSR count). The lowest BCUT2D eigenvalue weighted by Gasteiger charge is -2.54. The summed E-state index contributed by atoms with van der Waals surface area (Å²) < 4.78 is 0. The number of aliphatic hydroxyl groups is 1. The molecule has 2 aromatic heterocycles. The summed E-state index contributed by atoms with van der Waals surface area (Å²) in [5.74, 6) is 0. The Balaban J connectivity index is 1.49. The number of H-pyrrole nitrogens is 1. The van der Waals surface area contributed by atoms with Gasteiger partial charge in [-0.25, -0.2) is 4.98 Å². The molecule has 6 heteroatoms. The quantitative estimate of drug-likeness (QED) is 0.861. The number of aromatic nitrogens is 2. The van der Waals surface area contributed by atoms with Crippen LogP contribution in [0, 0.1) is 12.3 Å². The van der Waals surface area contributed by atoms with Gasteiger partial charge in [0.2, 0.25) is 0 Å². The van der Waals surface area contributed by atoms with E-state index in [0.717, 1.165) is 57.0 Å². The highest BCUT2D eigenvalue weighted by atomic mass is 32.1. The Labute approximate surface area is 153 Å². The maximum Gasteiger partial charge on any atom is 0.0925 e. The van der Waals surface area contributed by atoms with E-state index in [4.69, 9.17) is 0 Å². The lowest BCUT2D eigenvalue weighted by atomic mass is 9.69. The summed E-state index contributed by atoms with van der Waals surface area (Å²) in [6.45, 7) is 7.50. The van der Waals surface area contributed by atoms with Crippen molar-refractivity contribution in [3.63, 3.8) is 0 Å². The van der Waals surface area contributed by atoms with Gasteiger partial charge in [-0.05, 0) is 44.2 Å². The molecule has 2 aromatic rings. The first kappa shape index (κ1) is 17.2. The molecule has 0 bridgehead atoms. The molecule has 2 aliphatic heterocycles. The molecule has 4 heterocycles. The Hall–Kier alpha value is -1.21. The van der Waals surface area contributed by atoms with Gasteiger partial charge in [0.25, 0.3) is 0 Å². The van der Waals surface area contributed by atoms with Gasteiger partial charge in [-0.1, -0.05) is 6.07 Å². The van der Waals surface area contributed by atoms with E-state index >= 15 is 0 Å². The van der Waals surface area contributed by atoms with Crippen LogP contribution >= 0.6 is 11.3 Å². The van der Waals surface area contributed by atoms with Crippen LogP contribution in [0.2, 0.25) is 0 Å². The summed E-state index contributed by atoms with van der Waals surface area (Å²) in [5, 5.41) is 12.5. The van der Waals surface area contributed by atoms with E-state index in [1.54, 1.807) is 6.33 Å². The Bertz CT molecular complexity index is 685. The maximum atomic E-state index is 10.3. The number of likely N-dealkylation sites (tertiary alicyclic amines) is 2. The van der Waals surface area contributed by atoms with Gasteiger partial charge in [0.05, 0.1) is 18.6 Å². The first-order valence-electron chi connectivity index (χ1n) is 9.29. The number of hydrogen-bond donors (Lipinski definition) is 2. The summed E-state index contributed by atoms with van der Waals surface area (Å²) in [6.07, 6.45) is 5.22. The normalized spacial score (nSPS) is 28.2. The molecule has 2 saturated heterocycles. The fraction of sp³-hybridized carbons (Fsp3) is 0.632. The fourth-order valence-corrected chi connectivity index (χ4v) is 5.50. The predicted octanol–water partition coefficient (Wildman–Crippen LogP) is 2.63. The second kappa shape index (κ2) is 7.19. The zero-order valence-electron chi connectivity index (χ0n) is 14.9. The number of nitrogens with zero attached hydrogens (tertiary/aromatic N) is 3. The molecule has 0 aromatic carbocycles. The van der Waals surface area contributed by atoms with E-state index < -0.39 is 0 Å². The first-order chi connectivity index (χ1) is 12.2. The number of aliphatic hydroxyl groups excluding tert-OH is 1. The van der Waals surface area contributed by atoms with Crippen LogP contribution < -0.4 is 0 Å². The van der Waals surface area contributed by atoms with Crippen molar-refractivity contribution in [3.05, 3.63) is 40.1 Å². The maximum absolute atomic E-state index is 10.3. The lowest BCUT2D eigenvalue weighted by molar-refractivity contribution is -0.0832. The summed E-state index contributed by atoms with van der Waals surface area (Å²) in [6, 6.07) is 4.86. The smallest absolute Gasteiger partial charge is 0.0925 e. The number of piperidine rings is 2. The Morgan fingerprint density at radius 1 is 1.40 bits per heavy atom. The Kier molecular flexibility index (Phi) is 4.95. The zero-order chi connectivity index (χ0) is 17.3. The minimum absolute atomic E-state index is 0.0119. The van der Waals surface area contributed by atoms with Crippen LogP contribution in [0.5, 0.6) is 0 Å². The van der Waals surface area contributed by atoms with Crippen LogP contribution in [0.3, 0.4) is 0 Å². The van der Waals surface area contributed by atoms with Crippen molar-refractivity contribution in [2.24, 2.45) is 5.41 Å². The Morgan fingerprint density at radius 3 is 3.04 bits per heavy atom. The molecule has 136 valence electrons. The van der Waals surface area contributed by atoms with Gasteiger partial charge >= 0.3 is 0 Å². The van der Waals surface area contributed by atoms with Crippen LogP contribution in [-0.2, 0) is 13.1 Å². The van der Waals surface area contributed by atoms with E-state index in [1.807, 2.05) is 11.3 Å². The second-order valence-electron chi connectivity index (χ2n) is 7.66. The average Bonchev–Trinajstić information content (AvgIpc) is 3.27. The third-order valence-electron chi connectivity index (χ3n) is 6.09. The number of nitrogens with one attached hydrogen (secondary N) is 1. The van der Waals surface area contributed by atoms with Gasteiger partial charge in [0.15, 0.2) is 0 Å². The monoisotopic (exact) mass is 360 g/mol. The van der Waals surface area contributed by atoms with Crippen molar-refractivity contribution in [3.8, 4) is 0 Å². The lowest BCUT2D eigenvalue weighted by Crippen LogP contribution is -2.62. The van der Waals surface area contributed by atoms with E-state index in [9.17, 15) is 5.11 Å². The van der Waals surface area contributed by atoms with Crippen molar-refractivity contribution in [1.82, 2.24) is 19.8 Å². The van der Waals surface area contributed by atoms with Crippen LogP contribution in [0.4, 0.5) is 0 Å². The SMILES string of the molecule is Cc1[nH]cnc1CN1CC[C@@H]2N(Cc3cccs3)CCC[C@@]2(CO)C1. The van der Waals surface area contributed by atoms with Gasteiger partial charge < -0.3 is 10.1 Å². The second-order valence-corrected chi connectivity index (χ2v) is 8.70. The molecular weight excluding hydrogens is 332 g/mol. The van der Waals surface area contributed by atoms with Crippen molar-refractivity contribution in [2.75, 3.05) is 26.2 Å². The molecule has 25 heavy (non-hydrogen) atoms. The molecule has 0 aliphatic carbocycles. The summed E-state index contributed by atoms with van der Waals surface area (Å²) >= 11 is 1.84. The standard InChI is InChI=1S/C19H28N4OS/c1-15-17(21-14-20-15)11-22-8-5-18-19(12-22,13-24)6-3-7-23(18)10-16-4-2-9-25-16/h2,4,9,14,18,24H,3,5-8,10-13H2,1H3,(H,20,21)/t18-,19-/m0/s1. The van der Waals surface area contributed by atoms with Gasteiger partial charge in [-0.2, -0.15) is 0 Å². The van der Waals surface area contributed by atoms with E-state index in [1.165, 1.54) is 11.3 Å². The molecule has 0 amide bonds.